The summed E-state index contributed by atoms with van der Waals surface area (Å²) in [5.74, 6) is -0.996. The minimum atomic E-state index is -5.35. The van der Waals surface area contributed by atoms with Crippen LogP contribution in [0.5, 0.6) is 0 Å². The minimum Gasteiger partial charge on any atom is -0.383 e. The number of H-pyrrole nitrogens is 1. The molecule has 0 spiro atoms. The van der Waals surface area contributed by atoms with E-state index in [-0.39, 0.29) is 12.1 Å². The Morgan fingerprint density at radius 3 is 2.00 bits per heavy atom. The Kier molecular flexibility index (Phi) is 11.5. The second kappa shape index (κ2) is 12.0. The lowest BCUT2D eigenvalue weighted by atomic mass is 10.6. The lowest BCUT2D eigenvalue weighted by molar-refractivity contribution is -0.0254. The Hall–Kier alpha value is -1.06. The van der Waals surface area contributed by atoms with Crippen molar-refractivity contribution in [1.29, 1.82) is 0 Å². The first-order valence-electron chi connectivity index (χ1n) is 7.00. The molecule has 2 atom stereocenters. The van der Waals surface area contributed by atoms with Crippen molar-refractivity contribution in [3.63, 3.8) is 0 Å². The van der Waals surface area contributed by atoms with Crippen LogP contribution in [0.3, 0.4) is 0 Å². The number of nitrogen functional groups attached to an aromatic ring is 1. The topological polar surface area (TPSA) is 250 Å². The fourth-order valence-electron chi connectivity index (χ4n) is 1.18. The van der Waals surface area contributed by atoms with Gasteiger partial charge in [0.05, 0.1) is 19.4 Å². The van der Waals surface area contributed by atoms with E-state index in [4.69, 9.17) is 34.8 Å². The van der Waals surface area contributed by atoms with Gasteiger partial charge in [0, 0.05) is 7.11 Å². The molecule has 0 radical (unpaired) electrons. The van der Waals surface area contributed by atoms with Crippen LogP contribution in [0.15, 0.2) is 11.0 Å². The highest BCUT2D eigenvalue weighted by Gasteiger charge is 2.39. The maximum atomic E-state index is 12.1. The molecule has 2 unspecified atom stereocenters. The van der Waals surface area contributed by atoms with Crippen LogP contribution in [0.4, 0.5) is 10.2 Å². The highest BCUT2D eigenvalue weighted by molar-refractivity contribution is 7.66. The number of hydrogen-bond acceptors (Lipinski definition) is 11. The average molecular weight is 489 g/mol. The Bertz CT molecular complexity index is 838. The van der Waals surface area contributed by atoms with Gasteiger partial charge in [-0.15, -0.1) is 0 Å². The van der Waals surface area contributed by atoms with Crippen LogP contribution < -0.4 is 11.4 Å². The number of halogens is 1. The first kappa shape index (κ1) is 27.9. The van der Waals surface area contributed by atoms with Gasteiger partial charge in [-0.25, -0.2) is 22.9 Å². The largest absolute Gasteiger partial charge is 0.490 e. The minimum absolute atomic E-state index is 0.0463. The predicted octanol–water partition coefficient (Wildman–Crippen LogP) is -0.170. The second-order valence-electron chi connectivity index (χ2n) is 4.53. The lowest BCUT2D eigenvalue weighted by Gasteiger charge is -2.14. The van der Waals surface area contributed by atoms with E-state index in [2.05, 4.69) is 18.1 Å². The zero-order chi connectivity index (χ0) is 22.9. The van der Waals surface area contributed by atoms with Crippen molar-refractivity contribution in [2.24, 2.45) is 0 Å². The van der Waals surface area contributed by atoms with E-state index in [1.54, 1.807) is 0 Å². The van der Waals surface area contributed by atoms with Crippen molar-refractivity contribution in [2.45, 2.75) is 13.2 Å². The first-order valence-corrected chi connectivity index (χ1v) is 11.5. The maximum Gasteiger partial charge on any atom is 0.490 e. The Labute approximate surface area is 162 Å². The number of rotatable bonds is 5. The summed E-state index contributed by atoms with van der Waals surface area (Å²) in [6.07, 6.45) is 0.818. The van der Waals surface area contributed by atoms with Gasteiger partial charge in [-0.1, -0.05) is 0 Å². The monoisotopic (exact) mass is 489 g/mol. The van der Waals surface area contributed by atoms with Gasteiger partial charge in [-0.2, -0.15) is 13.6 Å². The van der Waals surface area contributed by atoms with E-state index >= 15 is 0 Å². The number of aromatic nitrogens is 2. The van der Waals surface area contributed by atoms with Gasteiger partial charge in [-0.3, -0.25) is 9.51 Å². The molecule has 2 rings (SSSR count). The molecule has 1 aliphatic rings. The van der Waals surface area contributed by atoms with Crippen molar-refractivity contribution in [3.8, 4) is 0 Å². The van der Waals surface area contributed by atoms with E-state index in [0.29, 0.717) is 7.11 Å². The molecular formula is C9H19FN3O13P3. The number of ether oxygens (including phenoxy) is 2. The van der Waals surface area contributed by atoms with E-state index in [0.717, 1.165) is 19.4 Å². The van der Waals surface area contributed by atoms with Crippen molar-refractivity contribution in [1.82, 2.24) is 9.97 Å². The Morgan fingerprint density at radius 2 is 1.69 bits per heavy atom. The van der Waals surface area contributed by atoms with Crippen LogP contribution in [0.1, 0.15) is 6.92 Å². The van der Waals surface area contributed by atoms with Crippen LogP contribution in [0.2, 0.25) is 0 Å². The molecule has 20 heteroatoms. The molecule has 1 aromatic rings. The summed E-state index contributed by atoms with van der Waals surface area (Å²) < 4.78 is 63.6. The number of nitrogens with one attached hydrogen (secondary N) is 1. The zero-order valence-electron chi connectivity index (χ0n) is 14.8. The van der Waals surface area contributed by atoms with Gasteiger partial charge in [0.15, 0.2) is 12.1 Å². The van der Waals surface area contributed by atoms with Gasteiger partial charge in [0.25, 0.3) is 0 Å². The summed E-state index contributed by atoms with van der Waals surface area (Å²) in [5.41, 5.74) is 4.31. The Morgan fingerprint density at radius 1 is 1.17 bits per heavy atom. The van der Waals surface area contributed by atoms with Crippen LogP contribution in [0, 0.1) is 5.82 Å². The number of anilines is 1. The van der Waals surface area contributed by atoms with Crippen LogP contribution >= 0.6 is 23.5 Å². The molecular weight excluding hydrogens is 470 g/mol. The zero-order valence-corrected chi connectivity index (χ0v) is 17.5. The number of nitrogens with zero attached hydrogens (tertiary/aromatic N) is 1. The van der Waals surface area contributed by atoms with Crippen molar-refractivity contribution >= 4 is 29.3 Å². The maximum absolute atomic E-state index is 12.1. The molecule has 7 N–H and O–H groups in total. The van der Waals surface area contributed by atoms with E-state index < -0.39 is 35.0 Å². The highest BCUT2D eigenvalue weighted by atomic mass is 31.3. The molecule has 0 aliphatic carbocycles. The number of phosphoric acid groups is 3. The molecule has 0 saturated carbocycles. The van der Waals surface area contributed by atoms with Crippen molar-refractivity contribution < 1.29 is 60.3 Å². The second-order valence-corrected chi connectivity index (χ2v) is 9.06. The highest BCUT2D eigenvalue weighted by Crippen LogP contribution is 2.65. The van der Waals surface area contributed by atoms with Gasteiger partial charge in [-0.05, 0) is 6.92 Å². The quantitative estimate of drug-likeness (QED) is 0.294. The standard InChI is InChI=1S/C4H4FN3O.C4H8O2.CH7O10P3/c5-2-1-7-4(9)8-3(2)6;1-4-5-2-3-6-4;1-9-13(5,6)11-14(7,8)10-12(2,3)4/h1H,(H3,6,7,8,9);4H,2-3H2,1H3;1H3,(H,5,6)(H,7,8)(H2,2,3,4). The number of nitrogens with two attached hydrogens (primary N) is 1. The smallest absolute Gasteiger partial charge is 0.383 e. The van der Waals surface area contributed by atoms with Gasteiger partial charge >= 0.3 is 29.2 Å². The molecule has 1 saturated heterocycles. The molecule has 0 aromatic carbocycles. The lowest BCUT2D eigenvalue weighted by Crippen LogP contribution is -2.12. The third kappa shape index (κ3) is 14.5. The molecule has 1 aliphatic heterocycles. The SMILES string of the molecule is CC1OCCO1.COP(=O)(O)OP(=O)(O)OP(=O)(O)O.Nc1[nH]c(=O)ncc1F. The molecule has 16 nitrogen and oxygen atoms in total. The van der Waals surface area contributed by atoms with Crippen molar-refractivity contribution in [3.05, 3.63) is 22.5 Å². The van der Waals surface area contributed by atoms with Crippen LogP contribution in [0.25, 0.3) is 0 Å². The number of phosphoric ester groups is 1. The molecule has 170 valence electrons. The fourth-order valence-corrected chi connectivity index (χ4v) is 3.95. The van der Waals surface area contributed by atoms with Crippen molar-refractivity contribution in [2.75, 3.05) is 26.1 Å². The van der Waals surface area contributed by atoms with Gasteiger partial charge in [0.1, 0.15) is 5.82 Å². The summed E-state index contributed by atoms with van der Waals surface area (Å²) in [7, 11) is -14.8. The fraction of sp³-hybridized carbons (Fsp3) is 0.556. The Balaban J connectivity index is 0.000000442. The van der Waals surface area contributed by atoms with Crippen LogP contribution in [-0.4, -0.2) is 56.2 Å². The van der Waals surface area contributed by atoms with Gasteiger partial charge < -0.3 is 34.8 Å². The molecule has 0 bridgehead atoms. The third-order valence-electron chi connectivity index (χ3n) is 2.23. The average Bonchev–Trinajstić information content (AvgIpc) is 3.00. The van der Waals surface area contributed by atoms with E-state index in [9.17, 15) is 22.9 Å². The first-order chi connectivity index (χ1) is 13.1. The molecule has 29 heavy (non-hydrogen) atoms. The number of aromatic amines is 1. The summed E-state index contributed by atoms with van der Waals surface area (Å²) in [4.78, 5) is 48.5. The summed E-state index contributed by atoms with van der Waals surface area (Å²) in [6.45, 7) is 3.43. The normalized spacial score (nSPS) is 18.4. The molecule has 1 aromatic heterocycles. The van der Waals surface area contributed by atoms with E-state index in [1.165, 1.54) is 0 Å². The predicted molar refractivity (Wildman–Crippen MR) is 91.5 cm³/mol. The summed E-state index contributed by atoms with van der Waals surface area (Å²) in [6, 6.07) is 0. The third-order valence-corrected chi connectivity index (χ3v) is 6.02. The molecule has 0 amide bonds. The number of hydrogen-bond donors (Lipinski definition) is 6. The molecule has 1 fully saturated rings. The molecule has 2 heterocycles. The summed E-state index contributed by atoms with van der Waals surface area (Å²) >= 11 is 0. The van der Waals surface area contributed by atoms with Gasteiger partial charge in [0.2, 0.25) is 0 Å². The van der Waals surface area contributed by atoms with E-state index in [1.807, 2.05) is 11.9 Å². The van der Waals surface area contributed by atoms with Crippen LogP contribution in [-0.2, 0) is 36.3 Å². The summed E-state index contributed by atoms with van der Waals surface area (Å²) in [5, 5.41) is 0.